The van der Waals surface area contributed by atoms with E-state index >= 15 is 0 Å². The summed E-state index contributed by atoms with van der Waals surface area (Å²) in [6.07, 6.45) is 7.13. The summed E-state index contributed by atoms with van der Waals surface area (Å²) in [6, 6.07) is 11.8. The number of aliphatic carboxylic acids is 1. The van der Waals surface area contributed by atoms with Crippen molar-refractivity contribution in [1.29, 1.82) is 0 Å². The first kappa shape index (κ1) is 12.0. The van der Waals surface area contributed by atoms with Gasteiger partial charge in [0.15, 0.2) is 0 Å². The fraction of sp³-hybridized carbons (Fsp3) is 0.0667. The average molecular weight is 239 g/mol. The van der Waals surface area contributed by atoms with Gasteiger partial charge in [-0.2, -0.15) is 0 Å². The molecule has 2 rings (SSSR count). The Bertz CT molecular complexity index is 544. The van der Waals surface area contributed by atoms with Gasteiger partial charge >= 0.3 is 5.97 Å². The molecule has 3 heteroatoms. The molecule has 0 radical (unpaired) electrons. The lowest BCUT2D eigenvalue weighted by atomic mass is 10.0. The molecule has 0 spiro atoms. The summed E-state index contributed by atoms with van der Waals surface area (Å²) in [5, 5.41) is 8.53. The molecule has 0 aliphatic rings. The van der Waals surface area contributed by atoms with Crippen LogP contribution < -0.4 is 0 Å². The van der Waals surface area contributed by atoms with Gasteiger partial charge in [-0.1, -0.05) is 24.3 Å². The van der Waals surface area contributed by atoms with Crippen LogP contribution in [0.25, 0.3) is 6.08 Å². The van der Waals surface area contributed by atoms with Gasteiger partial charge in [0.2, 0.25) is 0 Å². The average Bonchev–Trinajstić information content (AvgIpc) is 2.39. The first-order valence-corrected chi connectivity index (χ1v) is 5.63. The van der Waals surface area contributed by atoms with Crippen LogP contribution in [0, 0.1) is 0 Å². The first-order valence-electron chi connectivity index (χ1n) is 5.63. The van der Waals surface area contributed by atoms with E-state index in [0.717, 1.165) is 18.1 Å². The van der Waals surface area contributed by atoms with Crippen LogP contribution >= 0.6 is 0 Å². The van der Waals surface area contributed by atoms with Crippen LogP contribution in [0.1, 0.15) is 16.7 Å². The molecule has 1 heterocycles. The van der Waals surface area contributed by atoms with Crippen molar-refractivity contribution in [3.63, 3.8) is 0 Å². The van der Waals surface area contributed by atoms with Crippen molar-refractivity contribution in [3.05, 3.63) is 71.6 Å². The standard InChI is InChI=1S/C15H13NO2/c17-15(18)6-5-12-1-3-13(4-2-12)11-14-7-9-16-10-8-14/h1-10H,11H2,(H,17,18)/b6-5+. The number of carboxylic acid groups (broad SMARTS) is 1. The SMILES string of the molecule is O=C(O)/C=C/c1ccc(Cc2ccncc2)cc1. The highest BCUT2D eigenvalue weighted by Gasteiger charge is 1.96. The summed E-state index contributed by atoms with van der Waals surface area (Å²) in [7, 11) is 0. The van der Waals surface area contributed by atoms with E-state index in [2.05, 4.69) is 4.98 Å². The maximum atomic E-state index is 10.4. The minimum Gasteiger partial charge on any atom is -0.478 e. The van der Waals surface area contributed by atoms with Crippen LogP contribution in [-0.2, 0) is 11.2 Å². The Hall–Kier alpha value is -2.42. The van der Waals surface area contributed by atoms with E-state index in [-0.39, 0.29) is 0 Å². The third kappa shape index (κ3) is 3.56. The third-order valence-electron chi connectivity index (χ3n) is 2.56. The Labute approximate surface area is 105 Å². The van der Waals surface area contributed by atoms with Gasteiger partial charge in [-0.3, -0.25) is 4.98 Å². The molecule has 0 aliphatic heterocycles. The maximum Gasteiger partial charge on any atom is 0.328 e. The van der Waals surface area contributed by atoms with E-state index in [9.17, 15) is 4.79 Å². The molecule has 1 aromatic carbocycles. The third-order valence-corrected chi connectivity index (χ3v) is 2.56. The molecule has 0 amide bonds. The van der Waals surface area contributed by atoms with E-state index in [4.69, 9.17) is 5.11 Å². The Morgan fingerprint density at radius 3 is 2.28 bits per heavy atom. The highest BCUT2D eigenvalue weighted by atomic mass is 16.4. The van der Waals surface area contributed by atoms with Crippen LogP contribution in [0.3, 0.4) is 0 Å². The molecule has 1 N–H and O–H groups in total. The molecule has 3 nitrogen and oxygen atoms in total. The fourth-order valence-electron chi connectivity index (χ4n) is 1.65. The lowest BCUT2D eigenvalue weighted by Crippen LogP contribution is -1.89. The summed E-state index contributed by atoms with van der Waals surface area (Å²) < 4.78 is 0. The van der Waals surface area contributed by atoms with Crippen molar-refractivity contribution >= 4 is 12.0 Å². The highest BCUT2D eigenvalue weighted by Crippen LogP contribution is 2.11. The van der Waals surface area contributed by atoms with Crippen molar-refractivity contribution in [1.82, 2.24) is 4.98 Å². The number of aromatic nitrogens is 1. The van der Waals surface area contributed by atoms with E-state index < -0.39 is 5.97 Å². The summed E-state index contributed by atoms with van der Waals surface area (Å²) in [6.45, 7) is 0. The van der Waals surface area contributed by atoms with Crippen molar-refractivity contribution in [2.45, 2.75) is 6.42 Å². The lowest BCUT2D eigenvalue weighted by molar-refractivity contribution is -0.131. The predicted molar refractivity (Wildman–Crippen MR) is 70.2 cm³/mol. The van der Waals surface area contributed by atoms with Crippen LogP contribution in [0.4, 0.5) is 0 Å². The van der Waals surface area contributed by atoms with Crippen molar-refractivity contribution in [2.24, 2.45) is 0 Å². The van der Waals surface area contributed by atoms with Crippen molar-refractivity contribution < 1.29 is 9.90 Å². The number of nitrogens with zero attached hydrogens (tertiary/aromatic N) is 1. The zero-order chi connectivity index (χ0) is 12.8. The summed E-state index contributed by atoms with van der Waals surface area (Å²) in [5.74, 6) is -0.934. The monoisotopic (exact) mass is 239 g/mol. The molecular weight excluding hydrogens is 226 g/mol. The van der Waals surface area contributed by atoms with E-state index in [1.807, 2.05) is 36.4 Å². The van der Waals surface area contributed by atoms with Gasteiger partial charge in [-0.25, -0.2) is 4.79 Å². The Balaban J connectivity index is 2.06. The second kappa shape index (κ2) is 5.77. The molecule has 0 fully saturated rings. The number of carbonyl (C=O) groups is 1. The van der Waals surface area contributed by atoms with Crippen LogP contribution in [-0.4, -0.2) is 16.1 Å². The van der Waals surface area contributed by atoms with Crippen molar-refractivity contribution in [3.8, 4) is 0 Å². The summed E-state index contributed by atoms with van der Waals surface area (Å²) >= 11 is 0. The Morgan fingerprint density at radius 1 is 1.06 bits per heavy atom. The molecule has 90 valence electrons. The molecule has 0 atom stereocenters. The molecule has 0 unspecified atom stereocenters. The number of carboxylic acids is 1. The minimum atomic E-state index is -0.934. The van der Waals surface area contributed by atoms with Crippen LogP contribution in [0.2, 0.25) is 0 Å². The molecule has 0 aliphatic carbocycles. The Kier molecular flexibility index (Phi) is 3.86. The number of pyridine rings is 1. The topological polar surface area (TPSA) is 50.2 Å². The van der Waals surface area contributed by atoms with Crippen LogP contribution in [0.5, 0.6) is 0 Å². The summed E-state index contributed by atoms with van der Waals surface area (Å²) in [5.41, 5.74) is 3.28. The lowest BCUT2D eigenvalue weighted by Gasteiger charge is -2.02. The van der Waals surface area contributed by atoms with Gasteiger partial charge in [0, 0.05) is 18.5 Å². The van der Waals surface area contributed by atoms with Gasteiger partial charge in [-0.05, 0) is 41.3 Å². The molecule has 0 saturated heterocycles. The van der Waals surface area contributed by atoms with Gasteiger partial charge in [0.1, 0.15) is 0 Å². The quantitative estimate of drug-likeness (QED) is 0.834. The largest absolute Gasteiger partial charge is 0.478 e. The van der Waals surface area contributed by atoms with Gasteiger partial charge in [0.25, 0.3) is 0 Å². The normalized spacial score (nSPS) is 10.7. The van der Waals surface area contributed by atoms with Gasteiger partial charge < -0.3 is 5.11 Å². The van der Waals surface area contributed by atoms with Crippen LogP contribution in [0.15, 0.2) is 54.9 Å². The molecule has 1 aromatic heterocycles. The molecule has 2 aromatic rings. The smallest absolute Gasteiger partial charge is 0.328 e. The zero-order valence-corrected chi connectivity index (χ0v) is 9.78. The van der Waals surface area contributed by atoms with E-state index in [0.29, 0.717) is 0 Å². The Morgan fingerprint density at radius 2 is 1.67 bits per heavy atom. The predicted octanol–water partition coefficient (Wildman–Crippen LogP) is 2.77. The second-order valence-corrected chi connectivity index (χ2v) is 3.95. The maximum absolute atomic E-state index is 10.4. The fourth-order valence-corrected chi connectivity index (χ4v) is 1.65. The molecule has 0 bridgehead atoms. The number of hydrogen-bond donors (Lipinski definition) is 1. The number of rotatable bonds is 4. The molecular formula is C15H13NO2. The number of hydrogen-bond acceptors (Lipinski definition) is 2. The number of benzene rings is 1. The van der Waals surface area contributed by atoms with E-state index in [1.54, 1.807) is 18.5 Å². The summed E-state index contributed by atoms with van der Waals surface area (Å²) in [4.78, 5) is 14.4. The zero-order valence-electron chi connectivity index (χ0n) is 9.78. The minimum absolute atomic E-state index is 0.853. The molecule has 18 heavy (non-hydrogen) atoms. The van der Waals surface area contributed by atoms with Gasteiger partial charge in [-0.15, -0.1) is 0 Å². The molecule has 0 saturated carbocycles. The second-order valence-electron chi connectivity index (χ2n) is 3.95. The van der Waals surface area contributed by atoms with Crippen molar-refractivity contribution in [2.75, 3.05) is 0 Å². The highest BCUT2D eigenvalue weighted by molar-refractivity contribution is 5.85. The first-order chi connectivity index (χ1) is 8.74. The van der Waals surface area contributed by atoms with E-state index in [1.165, 1.54) is 11.1 Å². The van der Waals surface area contributed by atoms with Gasteiger partial charge in [0.05, 0.1) is 0 Å².